The van der Waals surface area contributed by atoms with Crippen molar-refractivity contribution in [1.29, 1.82) is 0 Å². The van der Waals surface area contributed by atoms with Gasteiger partial charge in [-0.1, -0.05) is 24.6 Å². The Balaban J connectivity index is 2.35. The lowest BCUT2D eigenvalue weighted by molar-refractivity contribution is 0.434. The van der Waals surface area contributed by atoms with Crippen LogP contribution in [0, 0.1) is 3.57 Å². The van der Waals surface area contributed by atoms with Gasteiger partial charge in [-0.25, -0.2) is 0 Å². The molecule has 0 saturated carbocycles. The minimum atomic E-state index is 0.0415. The van der Waals surface area contributed by atoms with Crippen LogP contribution in [0.15, 0.2) is 34.7 Å². The van der Waals surface area contributed by atoms with E-state index in [2.05, 4.69) is 40.9 Å². The first-order valence-electron chi connectivity index (χ1n) is 5.86. The van der Waals surface area contributed by atoms with E-state index in [1.165, 1.54) is 0 Å². The second-order valence-corrected chi connectivity index (χ2v) is 5.62. The summed E-state index contributed by atoms with van der Waals surface area (Å²) in [7, 11) is 1.92. The van der Waals surface area contributed by atoms with Crippen LogP contribution in [0.2, 0.25) is 5.02 Å². The molecule has 1 atom stereocenters. The Kier molecular flexibility index (Phi) is 4.70. The highest BCUT2D eigenvalue weighted by Gasteiger charge is 2.16. The van der Waals surface area contributed by atoms with Gasteiger partial charge in [0.15, 0.2) is 0 Å². The SMILES string of the molecule is CCc1ccc(C(NC)c2ccc(I)c(Cl)c2)o1. The number of nitrogens with one attached hydrogen (secondary N) is 1. The summed E-state index contributed by atoms with van der Waals surface area (Å²) in [5, 5.41) is 4.04. The van der Waals surface area contributed by atoms with E-state index in [0.29, 0.717) is 0 Å². The highest BCUT2D eigenvalue weighted by Crippen LogP contribution is 2.28. The standard InChI is InChI=1S/C14H15ClINO/c1-3-10-5-7-13(18-10)14(17-2)9-4-6-12(16)11(15)8-9/h4-8,14,17H,3H2,1-2H3. The summed E-state index contributed by atoms with van der Waals surface area (Å²) in [4.78, 5) is 0. The molecule has 1 aromatic carbocycles. The quantitative estimate of drug-likeness (QED) is 0.801. The first-order valence-corrected chi connectivity index (χ1v) is 7.32. The fourth-order valence-corrected chi connectivity index (χ4v) is 2.43. The van der Waals surface area contributed by atoms with Gasteiger partial charge in [-0.2, -0.15) is 0 Å². The van der Waals surface area contributed by atoms with Gasteiger partial charge in [-0.3, -0.25) is 0 Å². The van der Waals surface area contributed by atoms with Crippen molar-refractivity contribution in [2.75, 3.05) is 7.05 Å². The van der Waals surface area contributed by atoms with Gasteiger partial charge >= 0.3 is 0 Å². The average Bonchev–Trinajstić information content (AvgIpc) is 2.83. The molecule has 4 heteroatoms. The van der Waals surface area contributed by atoms with Gasteiger partial charge in [0.25, 0.3) is 0 Å². The number of benzene rings is 1. The molecule has 0 saturated heterocycles. The maximum Gasteiger partial charge on any atom is 0.125 e. The zero-order chi connectivity index (χ0) is 13.1. The van der Waals surface area contributed by atoms with Crippen LogP contribution < -0.4 is 5.32 Å². The maximum absolute atomic E-state index is 6.17. The van der Waals surface area contributed by atoms with Crippen molar-refractivity contribution in [1.82, 2.24) is 5.32 Å². The van der Waals surface area contributed by atoms with Crippen LogP contribution in [0.5, 0.6) is 0 Å². The predicted octanol–water partition coefficient (Wildman–Crippen LogP) is 4.41. The molecule has 1 N–H and O–H groups in total. The monoisotopic (exact) mass is 375 g/mol. The number of rotatable bonds is 4. The van der Waals surface area contributed by atoms with Crippen molar-refractivity contribution < 1.29 is 4.42 Å². The molecule has 0 radical (unpaired) electrons. The second kappa shape index (κ2) is 6.08. The fourth-order valence-electron chi connectivity index (χ4n) is 1.90. The molecular weight excluding hydrogens is 361 g/mol. The first kappa shape index (κ1) is 13.9. The third-order valence-corrected chi connectivity index (χ3v) is 4.45. The summed E-state index contributed by atoms with van der Waals surface area (Å²) in [5.41, 5.74) is 1.11. The number of hydrogen-bond acceptors (Lipinski definition) is 2. The Morgan fingerprint density at radius 3 is 2.67 bits per heavy atom. The normalized spacial score (nSPS) is 12.7. The summed E-state index contributed by atoms with van der Waals surface area (Å²) in [6, 6.07) is 10.2. The molecule has 2 nitrogen and oxygen atoms in total. The maximum atomic E-state index is 6.17. The van der Waals surface area contributed by atoms with Gasteiger partial charge in [0, 0.05) is 9.99 Å². The molecule has 1 unspecified atom stereocenters. The van der Waals surface area contributed by atoms with Crippen molar-refractivity contribution in [2.45, 2.75) is 19.4 Å². The highest BCUT2D eigenvalue weighted by molar-refractivity contribution is 14.1. The summed E-state index contributed by atoms with van der Waals surface area (Å²) in [6.45, 7) is 2.08. The molecule has 0 bridgehead atoms. The van der Waals surface area contributed by atoms with E-state index in [0.717, 1.165) is 32.1 Å². The summed E-state index contributed by atoms with van der Waals surface area (Å²) < 4.78 is 6.86. The molecule has 1 heterocycles. The largest absolute Gasteiger partial charge is 0.464 e. The van der Waals surface area contributed by atoms with Gasteiger partial charge in [-0.05, 0) is 59.5 Å². The van der Waals surface area contributed by atoms with Crippen LogP contribution in [-0.2, 0) is 6.42 Å². The van der Waals surface area contributed by atoms with E-state index in [9.17, 15) is 0 Å². The molecule has 0 spiro atoms. The lowest BCUT2D eigenvalue weighted by Gasteiger charge is -2.15. The molecule has 0 aliphatic heterocycles. The Hall–Kier alpha value is -0.520. The third-order valence-electron chi connectivity index (χ3n) is 2.88. The average molecular weight is 376 g/mol. The van der Waals surface area contributed by atoms with Crippen LogP contribution in [0.1, 0.15) is 30.0 Å². The predicted molar refractivity (Wildman–Crippen MR) is 83.2 cm³/mol. The minimum Gasteiger partial charge on any atom is -0.464 e. The fraction of sp³-hybridized carbons (Fsp3) is 0.286. The van der Waals surface area contributed by atoms with Crippen LogP contribution in [-0.4, -0.2) is 7.05 Å². The lowest BCUT2D eigenvalue weighted by atomic mass is 10.1. The topological polar surface area (TPSA) is 25.2 Å². The van der Waals surface area contributed by atoms with Gasteiger partial charge in [0.1, 0.15) is 11.5 Å². The first-order chi connectivity index (χ1) is 8.65. The number of halogens is 2. The number of aryl methyl sites for hydroxylation is 1. The lowest BCUT2D eigenvalue weighted by Crippen LogP contribution is -2.17. The molecule has 0 aliphatic rings. The summed E-state index contributed by atoms with van der Waals surface area (Å²) in [6.07, 6.45) is 0.907. The Bertz CT molecular complexity index is 538. The molecule has 2 rings (SSSR count). The molecule has 0 aliphatic carbocycles. The van der Waals surface area contributed by atoms with Crippen LogP contribution in [0.3, 0.4) is 0 Å². The third kappa shape index (κ3) is 2.90. The Morgan fingerprint density at radius 2 is 2.11 bits per heavy atom. The van der Waals surface area contributed by atoms with Crippen molar-refractivity contribution in [2.24, 2.45) is 0 Å². The van der Waals surface area contributed by atoms with Crippen molar-refractivity contribution in [3.05, 3.63) is 56.0 Å². The molecule has 96 valence electrons. The number of furan rings is 1. The van der Waals surface area contributed by atoms with Crippen LogP contribution in [0.25, 0.3) is 0 Å². The van der Waals surface area contributed by atoms with E-state index in [1.807, 2.05) is 31.3 Å². The van der Waals surface area contributed by atoms with Gasteiger partial charge in [-0.15, -0.1) is 0 Å². The zero-order valence-electron chi connectivity index (χ0n) is 10.3. The molecule has 0 amide bonds. The summed E-state index contributed by atoms with van der Waals surface area (Å²) in [5.74, 6) is 1.92. The van der Waals surface area contributed by atoms with Crippen LogP contribution in [0.4, 0.5) is 0 Å². The summed E-state index contributed by atoms with van der Waals surface area (Å²) >= 11 is 8.39. The Morgan fingerprint density at radius 1 is 1.33 bits per heavy atom. The van der Waals surface area contributed by atoms with Gasteiger partial charge in [0.2, 0.25) is 0 Å². The van der Waals surface area contributed by atoms with E-state index in [4.69, 9.17) is 16.0 Å². The Labute approximate surface area is 126 Å². The van der Waals surface area contributed by atoms with Gasteiger partial charge < -0.3 is 9.73 Å². The second-order valence-electron chi connectivity index (χ2n) is 4.05. The van der Waals surface area contributed by atoms with E-state index < -0.39 is 0 Å². The van der Waals surface area contributed by atoms with Gasteiger partial charge in [0.05, 0.1) is 11.1 Å². The highest BCUT2D eigenvalue weighted by atomic mass is 127. The molecule has 0 fully saturated rings. The minimum absolute atomic E-state index is 0.0415. The molecule has 18 heavy (non-hydrogen) atoms. The molecule has 1 aromatic heterocycles. The zero-order valence-corrected chi connectivity index (χ0v) is 13.2. The van der Waals surface area contributed by atoms with Crippen LogP contribution >= 0.6 is 34.2 Å². The van der Waals surface area contributed by atoms with Crippen molar-refractivity contribution in [3.8, 4) is 0 Å². The van der Waals surface area contributed by atoms with E-state index in [-0.39, 0.29) is 6.04 Å². The number of hydrogen-bond donors (Lipinski definition) is 1. The van der Waals surface area contributed by atoms with E-state index in [1.54, 1.807) is 0 Å². The molecule has 2 aromatic rings. The van der Waals surface area contributed by atoms with Crippen molar-refractivity contribution in [3.63, 3.8) is 0 Å². The van der Waals surface area contributed by atoms with E-state index >= 15 is 0 Å². The van der Waals surface area contributed by atoms with Crippen molar-refractivity contribution >= 4 is 34.2 Å². The molecular formula is C14H15ClINO. The smallest absolute Gasteiger partial charge is 0.125 e.